The Hall–Kier alpha value is -1.38. The topological polar surface area (TPSA) is 12.0 Å². The minimum atomic E-state index is -0.372. The SMILES string of the molecule is CC(NC(c1ccccc1)C(C)C)c1ccc(Cl)c(F)c1. The summed E-state index contributed by atoms with van der Waals surface area (Å²) >= 11 is 5.74. The number of rotatable bonds is 5. The molecule has 0 aliphatic heterocycles. The molecule has 0 spiro atoms. The molecule has 0 radical (unpaired) electrons. The predicted molar refractivity (Wildman–Crippen MR) is 87.0 cm³/mol. The van der Waals surface area contributed by atoms with E-state index < -0.39 is 0 Å². The summed E-state index contributed by atoms with van der Waals surface area (Å²) in [6.07, 6.45) is 0. The van der Waals surface area contributed by atoms with Crippen molar-refractivity contribution < 1.29 is 4.39 Å². The lowest BCUT2D eigenvalue weighted by atomic mass is 9.94. The van der Waals surface area contributed by atoms with Crippen molar-refractivity contribution >= 4 is 11.6 Å². The van der Waals surface area contributed by atoms with E-state index in [2.05, 4.69) is 31.3 Å². The monoisotopic (exact) mass is 305 g/mol. The Labute approximate surface area is 131 Å². The van der Waals surface area contributed by atoms with Crippen molar-refractivity contribution in [3.8, 4) is 0 Å². The van der Waals surface area contributed by atoms with E-state index in [4.69, 9.17) is 11.6 Å². The van der Waals surface area contributed by atoms with Gasteiger partial charge in [0.1, 0.15) is 5.82 Å². The average molecular weight is 306 g/mol. The Balaban J connectivity index is 2.18. The quantitative estimate of drug-likeness (QED) is 0.766. The van der Waals surface area contributed by atoms with E-state index in [9.17, 15) is 4.39 Å². The minimum absolute atomic E-state index is 0.0457. The van der Waals surface area contributed by atoms with Crippen LogP contribution in [-0.2, 0) is 0 Å². The first-order valence-electron chi connectivity index (χ1n) is 7.25. The van der Waals surface area contributed by atoms with Crippen LogP contribution in [0.25, 0.3) is 0 Å². The molecule has 0 heterocycles. The molecule has 21 heavy (non-hydrogen) atoms. The van der Waals surface area contributed by atoms with Gasteiger partial charge in [-0.15, -0.1) is 0 Å². The summed E-state index contributed by atoms with van der Waals surface area (Å²) in [5.74, 6) is 0.0654. The molecule has 1 N–H and O–H groups in total. The molecular formula is C18H21ClFN. The van der Waals surface area contributed by atoms with E-state index in [-0.39, 0.29) is 22.9 Å². The number of hydrogen-bond acceptors (Lipinski definition) is 1. The molecule has 0 aliphatic carbocycles. The van der Waals surface area contributed by atoms with Gasteiger partial charge in [-0.25, -0.2) is 4.39 Å². The van der Waals surface area contributed by atoms with Crippen LogP contribution < -0.4 is 5.32 Å². The Morgan fingerprint density at radius 3 is 2.19 bits per heavy atom. The number of benzene rings is 2. The van der Waals surface area contributed by atoms with E-state index in [1.54, 1.807) is 6.07 Å². The second-order valence-corrected chi connectivity index (χ2v) is 6.10. The fraction of sp³-hybridized carbons (Fsp3) is 0.333. The second-order valence-electron chi connectivity index (χ2n) is 5.69. The lowest BCUT2D eigenvalue weighted by molar-refractivity contribution is 0.374. The summed E-state index contributed by atoms with van der Waals surface area (Å²) in [5, 5.41) is 3.75. The summed E-state index contributed by atoms with van der Waals surface area (Å²) in [7, 11) is 0. The van der Waals surface area contributed by atoms with Crippen molar-refractivity contribution in [1.82, 2.24) is 5.32 Å². The van der Waals surface area contributed by atoms with E-state index in [0.717, 1.165) is 5.56 Å². The predicted octanol–water partition coefficient (Wildman–Crippen LogP) is 5.53. The van der Waals surface area contributed by atoms with Crippen molar-refractivity contribution in [2.75, 3.05) is 0 Å². The molecule has 0 amide bonds. The van der Waals surface area contributed by atoms with Crippen molar-refractivity contribution in [3.63, 3.8) is 0 Å². The highest BCUT2D eigenvalue weighted by molar-refractivity contribution is 6.30. The van der Waals surface area contributed by atoms with E-state index in [0.29, 0.717) is 5.92 Å². The summed E-state index contributed by atoms with van der Waals surface area (Å²) < 4.78 is 13.6. The molecule has 2 atom stereocenters. The lowest BCUT2D eigenvalue weighted by Gasteiger charge is -2.27. The molecule has 0 aliphatic rings. The molecule has 2 rings (SSSR count). The van der Waals surface area contributed by atoms with Crippen LogP contribution in [0.15, 0.2) is 48.5 Å². The average Bonchev–Trinajstić information content (AvgIpc) is 2.48. The van der Waals surface area contributed by atoms with Crippen LogP contribution in [0.1, 0.15) is 44.0 Å². The summed E-state index contributed by atoms with van der Waals surface area (Å²) in [5.41, 5.74) is 2.15. The molecule has 3 heteroatoms. The van der Waals surface area contributed by atoms with Gasteiger partial charge in [0, 0.05) is 12.1 Å². The molecule has 0 aromatic heterocycles. The molecule has 2 aromatic carbocycles. The maximum Gasteiger partial charge on any atom is 0.142 e. The zero-order chi connectivity index (χ0) is 15.4. The minimum Gasteiger partial charge on any atom is -0.303 e. The largest absolute Gasteiger partial charge is 0.303 e. The second kappa shape index (κ2) is 7.06. The van der Waals surface area contributed by atoms with Crippen molar-refractivity contribution in [2.24, 2.45) is 5.92 Å². The molecule has 0 fully saturated rings. The van der Waals surface area contributed by atoms with E-state index >= 15 is 0 Å². The van der Waals surface area contributed by atoms with Gasteiger partial charge in [0.15, 0.2) is 0 Å². The Morgan fingerprint density at radius 1 is 0.952 bits per heavy atom. The highest BCUT2D eigenvalue weighted by Crippen LogP contribution is 2.27. The van der Waals surface area contributed by atoms with E-state index in [1.807, 2.05) is 31.2 Å². The van der Waals surface area contributed by atoms with Gasteiger partial charge in [-0.3, -0.25) is 0 Å². The fourth-order valence-electron chi connectivity index (χ4n) is 2.48. The Bertz CT molecular complexity index is 583. The van der Waals surface area contributed by atoms with Crippen LogP contribution in [0.3, 0.4) is 0 Å². The summed E-state index contributed by atoms with van der Waals surface area (Å²) in [6, 6.07) is 15.6. The number of nitrogens with one attached hydrogen (secondary N) is 1. The zero-order valence-corrected chi connectivity index (χ0v) is 13.4. The third-order valence-corrected chi connectivity index (χ3v) is 4.01. The van der Waals surface area contributed by atoms with Crippen LogP contribution in [0.2, 0.25) is 5.02 Å². The maximum absolute atomic E-state index is 13.6. The fourth-order valence-corrected chi connectivity index (χ4v) is 2.60. The smallest absolute Gasteiger partial charge is 0.142 e. The highest BCUT2D eigenvalue weighted by Gasteiger charge is 2.19. The summed E-state index contributed by atoms with van der Waals surface area (Å²) in [6.45, 7) is 6.40. The highest BCUT2D eigenvalue weighted by atomic mass is 35.5. The molecule has 2 aromatic rings. The van der Waals surface area contributed by atoms with Crippen LogP contribution in [0.5, 0.6) is 0 Å². The third kappa shape index (κ3) is 4.05. The normalized spacial score (nSPS) is 14.2. The van der Waals surface area contributed by atoms with Gasteiger partial charge in [0.25, 0.3) is 0 Å². The Morgan fingerprint density at radius 2 is 1.62 bits per heavy atom. The van der Waals surface area contributed by atoms with Crippen LogP contribution in [0, 0.1) is 11.7 Å². The van der Waals surface area contributed by atoms with Crippen LogP contribution in [-0.4, -0.2) is 0 Å². The molecule has 1 nitrogen and oxygen atoms in total. The van der Waals surface area contributed by atoms with Gasteiger partial charge in [0.2, 0.25) is 0 Å². The van der Waals surface area contributed by atoms with Gasteiger partial charge in [-0.2, -0.15) is 0 Å². The first kappa shape index (κ1) is 16.0. The molecule has 0 saturated carbocycles. The lowest BCUT2D eigenvalue weighted by Crippen LogP contribution is -2.28. The van der Waals surface area contributed by atoms with E-state index in [1.165, 1.54) is 11.6 Å². The van der Waals surface area contributed by atoms with Gasteiger partial charge in [-0.05, 0) is 36.1 Å². The first-order valence-corrected chi connectivity index (χ1v) is 7.62. The number of halogens is 2. The first-order chi connectivity index (χ1) is 9.99. The van der Waals surface area contributed by atoms with Crippen molar-refractivity contribution in [3.05, 3.63) is 70.5 Å². The standard InChI is InChI=1S/C18H21ClFN/c1-12(2)18(14-7-5-4-6-8-14)21-13(3)15-9-10-16(19)17(20)11-15/h4-13,18,21H,1-3H3. The summed E-state index contributed by atoms with van der Waals surface area (Å²) in [4.78, 5) is 0. The Kier molecular flexibility index (Phi) is 5.38. The molecule has 0 saturated heterocycles. The van der Waals surface area contributed by atoms with Crippen molar-refractivity contribution in [2.45, 2.75) is 32.9 Å². The molecular weight excluding hydrogens is 285 g/mol. The third-order valence-electron chi connectivity index (χ3n) is 3.70. The van der Waals surface area contributed by atoms with Gasteiger partial charge in [0.05, 0.1) is 5.02 Å². The van der Waals surface area contributed by atoms with Gasteiger partial charge < -0.3 is 5.32 Å². The van der Waals surface area contributed by atoms with Crippen molar-refractivity contribution in [1.29, 1.82) is 0 Å². The van der Waals surface area contributed by atoms with Crippen LogP contribution in [0.4, 0.5) is 4.39 Å². The molecule has 2 unspecified atom stereocenters. The maximum atomic E-state index is 13.6. The molecule has 112 valence electrons. The number of hydrogen-bond donors (Lipinski definition) is 1. The van der Waals surface area contributed by atoms with Gasteiger partial charge >= 0.3 is 0 Å². The van der Waals surface area contributed by atoms with Gasteiger partial charge in [-0.1, -0.05) is 61.8 Å². The zero-order valence-electron chi connectivity index (χ0n) is 12.6. The molecule has 0 bridgehead atoms. The van der Waals surface area contributed by atoms with Crippen LogP contribution >= 0.6 is 11.6 Å².